The Morgan fingerprint density at radius 2 is 1.49 bits per heavy atom. The molecule has 3 amide bonds. The number of carboxylic acid groups (broad SMARTS) is 1. The van der Waals surface area contributed by atoms with E-state index in [4.69, 9.17) is 14.2 Å². The molecular weight excluding hydrogens is 618 g/mol. The Morgan fingerprint density at radius 3 is 2.04 bits per heavy atom. The fourth-order valence-electron chi connectivity index (χ4n) is 4.30. The first-order valence-corrected chi connectivity index (χ1v) is 14.9. The van der Waals surface area contributed by atoms with Crippen molar-refractivity contribution < 1.29 is 58.9 Å². The van der Waals surface area contributed by atoms with Gasteiger partial charge in [-0.05, 0) is 44.0 Å². The highest BCUT2D eigenvalue weighted by molar-refractivity contribution is 5.86. The number of amides is 3. The quantitative estimate of drug-likeness (QED) is 0.101. The molecule has 0 aliphatic carbocycles. The lowest BCUT2D eigenvalue weighted by Gasteiger charge is -2.30. The molecule has 0 aliphatic rings. The Labute approximate surface area is 272 Å². The lowest BCUT2D eigenvalue weighted by atomic mass is 9.98. The zero-order valence-electron chi connectivity index (χ0n) is 26.8. The number of carbonyl (C=O) groups excluding carboxylic acids is 3. The van der Waals surface area contributed by atoms with Gasteiger partial charge in [0, 0.05) is 13.0 Å². The average Bonchev–Trinajstić information content (AvgIpc) is 3.03. The summed E-state index contributed by atoms with van der Waals surface area (Å²) in [5, 5.41) is 58.1. The second kappa shape index (κ2) is 18.8. The van der Waals surface area contributed by atoms with Crippen LogP contribution in [0.2, 0.25) is 0 Å². The van der Waals surface area contributed by atoms with Crippen LogP contribution in [0, 0.1) is 0 Å². The number of alkyl carbamates (subject to hydrolysis) is 1. The van der Waals surface area contributed by atoms with Gasteiger partial charge in [-0.3, -0.25) is 14.4 Å². The second-order valence-corrected chi connectivity index (χ2v) is 11.7. The molecule has 0 aromatic heterocycles. The molecule has 47 heavy (non-hydrogen) atoms. The molecule has 260 valence electrons. The zero-order valence-corrected chi connectivity index (χ0v) is 26.8. The van der Waals surface area contributed by atoms with Crippen LogP contribution in [0.3, 0.4) is 0 Å². The number of nitrogens with one attached hydrogen (secondary N) is 3. The second-order valence-electron chi connectivity index (χ2n) is 11.7. The van der Waals surface area contributed by atoms with Crippen LogP contribution in [0.25, 0.3) is 0 Å². The Balaban J connectivity index is 2.08. The van der Waals surface area contributed by atoms with Crippen LogP contribution >= 0.6 is 0 Å². The first-order chi connectivity index (χ1) is 22.1. The maximum atomic E-state index is 13.2. The number of aliphatic carboxylic acids is 1. The van der Waals surface area contributed by atoms with Gasteiger partial charge in [0.15, 0.2) is 6.10 Å². The molecule has 6 atom stereocenters. The van der Waals surface area contributed by atoms with Crippen molar-refractivity contribution in [3.8, 4) is 5.75 Å². The summed E-state index contributed by atoms with van der Waals surface area (Å²) in [4.78, 5) is 49.8. The molecule has 0 unspecified atom stereocenters. The SMILES string of the molecule is COc1ccc(COCC[C@H](NC(=O)OC(C)(C)C)C(=O)N[C@@H](CO)[C@@H](O)[C@@H](O)[C@H](O)C(=O)N[C@@H](CC(=O)O)c2ccccc2)cc1. The molecule has 0 spiro atoms. The van der Waals surface area contributed by atoms with E-state index in [0.717, 1.165) is 5.56 Å². The summed E-state index contributed by atoms with van der Waals surface area (Å²) in [5.74, 6) is -2.66. The van der Waals surface area contributed by atoms with Crippen molar-refractivity contribution in [1.82, 2.24) is 16.0 Å². The summed E-state index contributed by atoms with van der Waals surface area (Å²) in [5.41, 5.74) is 0.359. The molecule has 0 aliphatic heterocycles. The molecule has 15 heteroatoms. The summed E-state index contributed by atoms with van der Waals surface area (Å²) in [7, 11) is 1.54. The van der Waals surface area contributed by atoms with E-state index in [0.29, 0.717) is 11.3 Å². The minimum Gasteiger partial charge on any atom is -0.497 e. The van der Waals surface area contributed by atoms with Gasteiger partial charge in [-0.2, -0.15) is 0 Å². The number of aliphatic hydroxyl groups is 4. The summed E-state index contributed by atoms with van der Waals surface area (Å²) in [6.45, 7) is 4.13. The Hall–Kier alpha value is -4.28. The van der Waals surface area contributed by atoms with Crippen molar-refractivity contribution >= 4 is 23.9 Å². The number of carbonyl (C=O) groups is 4. The van der Waals surface area contributed by atoms with Gasteiger partial charge < -0.3 is 55.7 Å². The molecule has 0 fully saturated rings. The molecule has 2 aromatic carbocycles. The first kappa shape index (κ1) is 38.9. The molecule has 0 heterocycles. The third-order valence-corrected chi connectivity index (χ3v) is 6.76. The number of carboxylic acids is 1. The maximum Gasteiger partial charge on any atom is 0.408 e. The van der Waals surface area contributed by atoms with Crippen LogP contribution in [0.1, 0.15) is 50.8 Å². The third-order valence-electron chi connectivity index (χ3n) is 6.76. The average molecular weight is 664 g/mol. The van der Waals surface area contributed by atoms with Crippen LogP contribution < -0.4 is 20.7 Å². The molecule has 0 saturated heterocycles. The summed E-state index contributed by atoms with van der Waals surface area (Å²) >= 11 is 0. The Morgan fingerprint density at radius 1 is 0.851 bits per heavy atom. The van der Waals surface area contributed by atoms with Crippen molar-refractivity contribution in [2.75, 3.05) is 20.3 Å². The van der Waals surface area contributed by atoms with Gasteiger partial charge in [-0.15, -0.1) is 0 Å². The van der Waals surface area contributed by atoms with Crippen molar-refractivity contribution in [3.63, 3.8) is 0 Å². The zero-order chi connectivity index (χ0) is 35.1. The predicted octanol–water partition coefficient (Wildman–Crippen LogP) is 0.387. The van der Waals surface area contributed by atoms with Crippen LogP contribution in [-0.4, -0.2) is 106 Å². The molecule has 0 radical (unpaired) electrons. The van der Waals surface area contributed by atoms with E-state index in [-0.39, 0.29) is 19.6 Å². The summed E-state index contributed by atoms with van der Waals surface area (Å²) < 4.78 is 16.0. The molecule has 0 bridgehead atoms. The minimum atomic E-state index is -2.28. The topological polar surface area (TPSA) is 233 Å². The van der Waals surface area contributed by atoms with E-state index in [1.807, 2.05) is 0 Å². The van der Waals surface area contributed by atoms with Gasteiger partial charge in [0.05, 0.1) is 38.8 Å². The van der Waals surface area contributed by atoms with Gasteiger partial charge in [0.1, 0.15) is 29.6 Å². The minimum absolute atomic E-state index is 0.00725. The molecular formula is C32H45N3O12. The van der Waals surface area contributed by atoms with Gasteiger partial charge in [0.2, 0.25) is 5.91 Å². The van der Waals surface area contributed by atoms with Crippen molar-refractivity contribution in [1.29, 1.82) is 0 Å². The molecule has 0 saturated carbocycles. The van der Waals surface area contributed by atoms with Crippen LogP contribution in [-0.2, 0) is 30.5 Å². The van der Waals surface area contributed by atoms with E-state index >= 15 is 0 Å². The van der Waals surface area contributed by atoms with Gasteiger partial charge in [0.25, 0.3) is 5.91 Å². The molecule has 15 nitrogen and oxygen atoms in total. The third kappa shape index (κ3) is 13.5. The summed E-state index contributed by atoms with van der Waals surface area (Å²) in [6.07, 6.45) is -8.10. The number of ether oxygens (including phenoxy) is 3. The number of benzene rings is 2. The number of aliphatic hydroxyl groups excluding tert-OH is 4. The standard InChI is InChI=1S/C32H45N3O12/c1-32(2,3)47-31(44)35-22(14-15-46-18-19-10-12-21(45-4)13-11-19)29(42)34-24(17-36)26(39)27(40)28(41)30(43)33-23(16-25(37)38)20-8-6-5-7-9-20/h5-13,22-24,26-28,36,39-41H,14-18H2,1-4H3,(H,33,43)(H,34,42)(H,35,44)(H,37,38)/t22-,23-,24-,26+,27+,28-/m0/s1. The smallest absolute Gasteiger partial charge is 0.408 e. The fraction of sp³-hybridized carbons (Fsp3) is 0.500. The fourth-order valence-corrected chi connectivity index (χ4v) is 4.30. The number of methoxy groups -OCH3 is 1. The highest BCUT2D eigenvalue weighted by atomic mass is 16.6. The molecule has 8 N–H and O–H groups in total. The van der Waals surface area contributed by atoms with E-state index in [1.165, 1.54) is 0 Å². The van der Waals surface area contributed by atoms with E-state index < -0.39 is 78.9 Å². The van der Waals surface area contributed by atoms with Gasteiger partial charge in [-0.25, -0.2) is 4.79 Å². The van der Waals surface area contributed by atoms with Crippen molar-refractivity contribution in [3.05, 3.63) is 65.7 Å². The van der Waals surface area contributed by atoms with Gasteiger partial charge in [-0.1, -0.05) is 42.5 Å². The van der Waals surface area contributed by atoms with Crippen molar-refractivity contribution in [2.24, 2.45) is 0 Å². The van der Waals surface area contributed by atoms with Crippen LogP contribution in [0.4, 0.5) is 4.79 Å². The largest absolute Gasteiger partial charge is 0.497 e. The number of rotatable bonds is 18. The predicted molar refractivity (Wildman–Crippen MR) is 167 cm³/mol. The molecule has 2 aromatic rings. The lowest BCUT2D eigenvalue weighted by molar-refractivity contribution is -0.145. The van der Waals surface area contributed by atoms with E-state index in [9.17, 15) is 44.7 Å². The Kier molecular flexibility index (Phi) is 15.5. The van der Waals surface area contributed by atoms with E-state index in [2.05, 4.69) is 16.0 Å². The monoisotopic (exact) mass is 663 g/mol. The highest BCUT2D eigenvalue weighted by Crippen LogP contribution is 2.18. The normalized spacial score (nSPS) is 15.2. The van der Waals surface area contributed by atoms with Crippen molar-refractivity contribution in [2.45, 2.75) is 82.3 Å². The van der Waals surface area contributed by atoms with E-state index in [1.54, 1.807) is 82.5 Å². The van der Waals surface area contributed by atoms with Crippen LogP contribution in [0.15, 0.2) is 54.6 Å². The Bertz CT molecular complexity index is 1290. The maximum absolute atomic E-state index is 13.2. The first-order valence-electron chi connectivity index (χ1n) is 14.9. The highest BCUT2D eigenvalue weighted by Gasteiger charge is 2.37. The number of hydrogen-bond donors (Lipinski definition) is 8. The summed E-state index contributed by atoms with van der Waals surface area (Å²) in [6, 6.07) is 11.2. The van der Waals surface area contributed by atoms with Crippen LogP contribution in [0.5, 0.6) is 5.75 Å². The lowest BCUT2D eigenvalue weighted by Crippen LogP contribution is -2.59. The molecule has 2 rings (SSSR count). The van der Waals surface area contributed by atoms with Gasteiger partial charge >= 0.3 is 12.1 Å². The number of hydrogen-bond acceptors (Lipinski definition) is 11.